The van der Waals surface area contributed by atoms with Gasteiger partial charge < -0.3 is 19.3 Å². The Labute approximate surface area is 138 Å². The predicted molar refractivity (Wildman–Crippen MR) is 85.8 cm³/mol. The van der Waals surface area contributed by atoms with Gasteiger partial charge in [-0.1, -0.05) is 0 Å². The largest absolute Gasteiger partial charge is 0.498 e. The first-order valence-electron chi connectivity index (χ1n) is 8.43. The second-order valence-electron chi connectivity index (χ2n) is 7.14. The average molecular weight is 322 g/mol. The summed E-state index contributed by atoms with van der Waals surface area (Å²) in [5, 5.41) is 13.4. The quantitative estimate of drug-likeness (QED) is 0.835. The number of likely N-dealkylation sites (tertiary alicyclic amines) is 1. The summed E-state index contributed by atoms with van der Waals surface area (Å²) >= 11 is 0. The normalized spacial score (nSPS) is 26.2. The minimum absolute atomic E-state index is 0.338. The van der Waals surface area contributed by atoms with Crippen molar-refractivity contribution >= 4 is 18.7 Å². The molecule has 1 N–H and O–H groups in total. The van der Waals surface area contributed by atoms with Crippen molar-refractivity contribution in [2.24, 2.45) is 0 Å². The lowest BCUT2D eigenvalue weighted by Crippen LogP contribution is -2.41. The first-order valence-corrected chi connectivity index (χ1v) is 7.93. The van der Waals surface area contributed by atoms with Crippen molar-refractivity contribution in [1.82, 2.24) is 14.7 Å². The molecule has 1 amide bonds. The van der Waals surface area contributed by atoms with Crippen LogP contribution >= 0.6 is 0 Å². The van der Waals surface area contributed by atoms with Crippen LogP contribution < -0.4 is 5.46 Å². The first kappa shape index (κ1) is 15.0. The molecule has 0 spiro atoms. The SMILES string of the molecule is [2H]C1(n2cc(B3OC(C)(C)C(C)(C)O3)cn2)CCN(C(=O)O)CC1. The van der Waals surface area contributed by atoms with Crippen LogP contribution in [-0.4, -0.2) is 57.3 Å². The monoisotopic (exact) mass is 322 g/mol. The second-order valence-corrected chi connectivity index (χ2v) is 7.14. The molecule has 0 aliphatic carbocycles. The van der Waals surface area contributed by atoms with Gasteiger partial charge in [-0.05, 0) is 40.5 Å². The first-order chi connectivity index (χ1) is 11.0. The Morgan fingerprint density at radius 3 is 2.43 bits per heavy atom. The Morgan fingerprint density at radius 2 is 1.91 bits per heavy atom. The van der Waals surface area contributed by atoms with Crippen LogP contribution in [0.15, 0.2) is 12.4 Å². The molecule has 7 nitrogen and oxygen atoms in total. The van der Waals surface area contributed by atoms with Crippen LogP contribution in [-0.2, 0) is 9.31 Å². The van der Waals surface area contributed by atoms with Gasteiger partial charge >= 0.3 is 13.2 Å². The third kappa shape index (κ3) is 2.97. The fraction of sp³-hybridized carbons (Fsp3) is 0.733. The van der Waals surface area contributed by atoms with Crippen LogP contribution in [0.3, 0.4) is 0 Å². The highest BCUT2D eigenvalue weighted by molar-refractivity contribution is 6.62. The number of rotatable bonds is 2. The van der Waals surface area contributed by atoms with Gasteiger partial charge in [-0.15, -0.1) is 0 Å². The van der Waals surface area contributed by atoms with E-state index in [4.69, 9.17) is 15.8 Å². The van der Waals surface area contributed by atoms with Crippen molar-refractivity contribution < 1.29 is 20.6 Å². The number of carbonyl (C=O) groups is 1. The number of carboxylic acid groups (broad SMARTS) is 1. The molecular weight excluding hydrogens is 297 g/mol. The van der Waals surface area contributed by atoms with Crippen molar-refractivity contribution in [3.05, 3.63) is 12.4 Å². The lowest BCUT2D eigenvalue weighted by Gasteiger charge is -2.32. The van der Waals surface area contributed by atoms with E-state index in [1.165, 1.54) is 4.90 Å². The van der Waals surface area contributed by atoms with E-state index in [1.54, 1.807) is 17.1 Å². The Hall–Kier alpha value is -1.54. The van der Waals surface area contributed by atoms with Crippen molar-refractivity contribution in [3.63, 3.8) is 0 Å². The molecule has 0 saturated carbocycles. The van der Waals surface area contributed by atoms with E-state index in [9.17, 15) is 4.79 Å². The van der Waals surface area contributed by atoms with Gasteiger partial charge in [-0.3, -0.25) is 4.68 Å². The molecule has 8 heteroatoms. The van der Waals surface area contributed by atoms with Crippen molar-refractivity contribution in [3.8, 4) is 0 Å². The Balaban J connectivity index is 1.74. The lowest BCUT2D eigenvalue weighted by atomic mass is 9.82. The maximum Gasteiger partial charge on any atom is 0.498 e. The standard InChI is InChI=1S/C15H24BN3O4/c1-14(2)15(3,4)23-16(22-14)11-9-17-19(10-11)12-5-7-18(8-6-12)13(20)21/h9-10,12H,5-8H2,1-4H3,(H,20,21)/i12D. The van der Waals surface area contributed by atoms with Crippen LogP contribution in [0.4, 0.5) is 4.79 Å². The third-order valence-electron chi connectivity index (χ3n) is 5.06. The zero-order valence-corrected chi connectivity index (χ0v) is 14.1. The third-order valence-corrected chi connectivity index (χ3v) is 5.06. The fourth-order valence-electron chi connectivity index (χ4n) is 2.80. The highest BCUT2D eigenvalue weighted by Crippen LogP contribution is 2.36. The maximum absolute atomic E-state index is 11.0. The van der Waals surface area contributed by atoms with Crippen molar-refractivity contribution in [1.29, 1.82) is 0 Å². The molecule has 2 fully saturated rings. The van der Waals surface area contributed by atoms with E-state index >= 15 is 0 Å². The van der Waals surface area contributed by atoms with E-state index in [0.717, 1.165) is 5.46 Å². The number of hydrogen-bond acceptors (Lipinski definition) is 4. The molecule has 2 aliphatic rings. The lowest BCUT2D eigenvalue weighted by molar-refractivity contribution is 0.00578. The summed E-state index contributed by atoms with van der Waals surface area (Å²) in [6.45, 7) is 8.64. The fourth-order valence-corrected chi connectivity index (χ4v) is 2.80. The van der Waals surface area contributed by atoms with Crippen LogP contribution in [0.5, 0.6) is 0 Å². The van der Waals surface area contributed by atoms with Gasteiger partial charge in [0.05, 0.1) is 18.6 Å². The Kier molecular flexibility index (Phi) is 3.61. The molecule has 3 rings (SSSR count). The van der Waals surface area contributed by atoms with Crippen LogP contribution in [0.2, 0.25) is 0 Å². The average Bonchev–Trinajstić information content (AvgIpc) is 3.03. The van der Waals surface area contributed by atoms with E-state index in [1.807, 2.05) is 27.7 Å². The van der Waals surface area contributed by atoms with Gasteiger partial charge in [-0.25, -0.2) is 4.79 Å². The highest BCUT2D eigenvalue weighted by Gasteiger charge is 2.52. The zero-order valence-electron chi connectivity index (χ0n) is 15.1. The summed E-state index contributed by atoms with van der Waals surface area (Å²) in [4.78, 5) is 12.3. The molecule has 1 aromatic heterocycles. The summed E-state index contributed by atoms with van der Waals surface area (Å²) in [5.41, 5.74) is -0.0721. The molecule has 1 aromatic rings. The summed E-state index contributed by atoms with van der Waals surface area (Å²) in [5.74, 6) is 0. The van der Waals surface area contributed by atoms with Crippen LogP contribution in [0, 0.1) is 0 Å². The van der Waals surface area contributed by atoms with Crippen molar-refractivity contribution in [2.75, 3.05) is 13.1 Å². The van der Waals surface area contributed by atoms with Gasteiger partial charge in [0.25, 0.3) is 0 Å². The number of piperidine rings is 1. The van der Waals surface area contributed by atoms with E-state index < -0.39 is 30.4 Å². The number of nitrogens with zero attached hydrogens (tertiary/aromatic N) is 3. The Morgan fingerprint density at radius 1 is 1.35 bits per heavy atom. The topological polar surface area (TPSA) is 76.8 Å². The minimum Gasteiger partial charge on any atom is -0.465 e. The summed E-state index contributed by atoms with van der Waals surface area (Å²) < 4.78 is 22.3. The van der Waals surface area contributed by atoms with Crippen molar-refractivity contribution in [2.45, 2.75) is 57.8 Å². The predicted octanol–water partition coefficient (Wildman–Crippen LogP) is 1.50. The zero-order chi connectivity index (χ0) is 17.8. The number of amides is 1. The van der Waals surface area contributed by atoms with Crippen LogP contribution in [0.1, 0.15) is 47.9 Å². The highest BCUT2D eigenvalue weighted by atomic mass is 16.7. The smallest absolute Gasteiger partial charge is 0.465 e. The summed E-state index contributed by atoms with van der Waals surface area (Å²) in [6.07, 6.45) is 3.33. The number of hydrogen-bond donors (Lipinski definition) is 1. The Bertz CT molecular complexity index is 624. The molecule has 0 unspecified atom stereocenters. The molecule has 23 heavy (non-hydrogen) atoms. The van der Waals surface area contributed by atoms with Gasteiger partial charge in [0.15, 0.2) is 0 Å². The molecule has 0 radical (unpaired) electrons. The molecular formula is C15H24BN3O4. The molecule has 0 bridgehead atoms. The van der Waals surface area contributed by atoms with Gasteiger partial charge in [-0.2, -0.15) is 5.10 Å². The maximum atomic E-state index is 11.0. The van der Waals surface area contributed by atoms with E-state index in [0.29, 0.717) is 25.9 Å². The summed E-state index contributed by atoms with van der Waals surface area (Å²) in [6, 6.07) is -0.937. The molecule has 3 heterocycles. The van der Waals surface area contributed by atoms with Gasteiger partial charge in [0.2, 0.25) is 0 Å². The van der Waals surface area contributed by atoms with Gasteiger partial charge in [0.1, 0.15) is 0 Å². The van der Waals surface area contributed by atoms with Crippen LogP contribution in [0.25, 0.3) is 0 Å². The van der Waals surface area contributed by atoms with Gasteiger partial charge in [0, 0.05) is 30.9 Å². The molecule has 2 saturated heterocycles. The van der Waals surface area contributed by atoms with E-state index in [2.05, 4.69) is 5.10 Å². The second kappa shape index (κ2) is 5.52. The molecule has 2 aliphatic heterocycles. The van der Waals surface area contributed by atoms with E-state index in [-0.39, 0.29) is 0 Å². The number of aromatic nitrogens is 2. The summed E-state index contributed by atoms with van der Waals surface area (Å²) in [7, 11) is -0.508. The molecule has 0 atom stereocenters. The molecule has 126 valence electrons. The minimum atomic E-state index is -0.937. The molecule has 0 aromatic carbocycles.